The summed E-state index contributed by atoms with van der Waals surface area (Å²) in [4.78, 5) is 43.1. The van der Waals surface area contributed by atoms with Crippen molar-refractivity contribution in [3.63, 3.8) is 0 Å². The van der Waals surface area contributed by atoms with Gasteiger partial charge in [-0.3, -0.25) is 14.5 Å². The van der Waals surface area contributed by atoms with E-state index in [4.69, 9.17) is 9.47 Å². The van der Waals surface area contributed by atoms with Gasteiger partial charge in [-0.05, 0) is 38.0 Å². The van der Waals surface area contributed by atoms with E-state index >= 15 is 0 Å². The number of esters is 1. The van der Waals surface area contributed by atoms with Crippen molar-refractivity contribution in [2.45, 2.75) is 50.9 Å². The molecule has 7 heteroatoms. The molecule has 2 heterocycles. The van der Waals surface area contributed by atoms with Crippen LogP contribution in [0.3, 0.4) is 0 Å². The van der Waals surface area contributed by atoms with Gasteiger partial charge in [-0.1, -0.05) is 30.3 Å². The van der Waals surface area contributed by atoms with E-state index < -0.39 is 11.6 Å². The number of benzene rings is 2. The van der Waals surface area contributed by atoms with Gasteiger partial charge in [0.05, 0.1) is 17.9 Å². The van der Waals surface area contributed by atoms with Crippen molar-refractivity contribution in [2.24, 2.45) is 0 Å². The molecule has 0 N–H and O–H groups in total. The maximum atomic E-state index is 13.6. The van der Waals surface area contributed by atoms with Crippen LogP contribution in [-0.4, -0.2) is 41.0 Å². The van der Waals surface area contributed by atoms with E-state index in [2.05, 4.69) is 0 Å². The van der Waals surface area contributed by atoms with Crippen LogP contribution in [0.2, 0.25) is 0 Å². The van der Waals surface area contributed by atoms with E-state index in [1.807, 2.05) is 31.2 Å². The van der Waals surface area contributed by atoms with E-state index in [9.17, 15) is 14.4 Å². The van der Waals surface area contributed by atoms with E-state index in [0.717, 1.165) is 18.4 Å². The first-order valence-corrected chi connectivity index (χ1v) is 10.7. The van der Waals surface area contributed by atoms with Gasteiger partial charge < -0.3 is 14.4 Å². The first kappa shape index (κ1) is 19.6. The van der Waals surface area contributed by atoms with Crippen LogP contribution in [0.1, 0.15) is 48.5 Å². The molecule has 2 aromatic carbocycles. The van der Waals surface area contributed by atoms with Gasteiger partial charge in [0, 0.05) is 24.4 Å². The summed E-state index contributed by atoms with van der Waals surface area (Å²) >= 11 is 0. The zero-order valence-electron chi connectivity index (χ0n) is 17.4. The Labute approximate surface area is 180 Å². The number of rotatable bonds is 6. The zero-order chi connectivity index (χ0) is 21.6. The molecule has 160 valence electrons. The summed E-state index contributed by atoms with van der Waals surface area (Å²) in [7, 11) is 0. The van der Waals surface area contributed by atoms with Crippen molar-refractivity contribution < 1.29 is 23.9 Å². The van der Waals surface area contributed by atoms with Gasteiger partial charge >= 0.3 is 5.97 Å². The molecule has 1 atom stereocenters. The Bertz CT molecular complexity index is 1060. The van der Waals surface area contributed by atoms with Crippen molar-refractivity contribution in [1.82, 2.24) is 4.90 Å². The molecule has 0 radical (unpaired) electrons. The van der Waals surface area contributed by atoms with E-state index in [1.54, 1.807) is 29.2 Å². The number of nitrogens with zero attached hydrogens (tertiary/aromatic N) is 2. The number of carbonyl (C=O) groups is 3. The molecule has 2 aliphatic heterocycles. The highest BCUT2D eigenvalue weighted by Gasteiger charge is 2.64. The highest BCUT2D eigenvalue weighted by molar-refractivity contribution is 6.15. The minimum absolute atomic E-state index is 0.00707. The predicted octanol–water partition coefficient (Wildman–Crippen LogP) is 3.27. The van der Waals surface area contributed by atoms with Crippen LogP contribution in [0.15, 0.2) is 48.5 Å². The molecular weight excluding hydrogens is 396 g/mol. The fourth-order valence-corrected chi connectivity index (χ4v) is 4.69. The average molecular weight is 420 g/mol. The lowest BCUT2D eigenvalue weighted by molar-refractivity contribution is -0.159. The first-order valence-electron chi connectivity index (χ1n) is 10.7. The van der Waals surface area contributed by atoms with E-state index in [0.29, 0.717) is 23.6 Å². The van der Waals surface area contributed by atoms with Crippen molar-refractivity contribution in [1.29, 1.82) is 0 Å². The van der Waals surface area contributed by atoms with Crippen molar-refractivity contribution in [3.8, 4) is 5.75 Å². The standard InChI is InChI=1S/C24H24N2O5/c1-2-30-20-10-6-3-7-16(20)15-31-23(29)24-14-13-21(27)26(24)19-9-5-4-8-18(19)22(28)25(24)17-11-12-17/h3-10,17H,2,11-15H2,1H3/t24-/m0/s1. The molecule has 1 saturated carbocycles. The molecule has 0 aromatic heterocycles. The van der Waals surface area contributed by atoms with Gasteiger partial charge in [0.1, 0.15) is 12.4 Å². The van der Waals surface area contributed by atoms with Gasteiger partial charge in [0.15, 0.2) is 0 Å². The maximum Gasteiger partial charge on any atom is 0.354 e. The quantitative estimate of drug-likeness (QED) is 0.671. The van der Waals surface area contributed by atoms with Crippen molar-refractivity contribution in [3.05, 3.63) is 59.7 Å². The van der Waals surface area contributed by atoms with Crippen LogP contribution < -0.4 is 9.64 Å². The predicted molar refractivity (Wildman–Crippen MR) is 112 cm³/mol. The third-order valence-corrected chi connectivity index (χ3v) is 6.17. The van der Waals surface area contributed by atoms with Crippen LogP contribution in [0.4, 0.5) is 5.69 Å². The number of fused-ring (bicyclic) bond motifs is 3. The average Bonchev–Trinajstić information content (AvgIpc) is 3.55. The van der Waals surface area contributed by atoms with Gasteiger partial charge in [-0.25, -0.2) is 4.79 Å². The molecule has 3 aliphatic rings. The molecule has 31 heavy (non-hydrogen) atoms. The second-order valence-corrected chi connectivity index (χ2v) is 8.09. The molecule has 0 bridgehead atoms. The van der Waals surface area contributed by atoms with Crippen LogP contribution >= 0.6 is 0 Å². The van der Waals surface area contributed by atoms with Crippen LogP contribution in [0.5, 0.6) is 5.75 Å². The summed E-state index contributed by atoms with van der Waals surface area (Å²) in [5.41, 5.74) is 0.253. The number of ether oxygens (including phenoxy) is 2. The van der Waals surface area contributed by atoms with Crippen LogP contribution in [0.25, 0.3) is 0 Å². The van der Waals surface area contributed by atoms with Crippen LogP contribution in [0, 0.1) is 0 Å². The Morgan fingerprint density at radius 3 is 2.61 bits per heavy atom. The Balaban J connectivity index is 1.52. The fourth-order valence-electron chi connectivity index (χ4n) is 4.69. The molecule has 7 nitrogen and oxygen atoms in total. The number of amides is 2. The second kappa shape index (κ2) is 7.41. The van der Waals surface area contributed by atoms with Gasteiger partial charge in [0.2, 0.25) is 11.6 Å². The number of carbonyl (C=O) groups excluding carboxylic acids is 3. The fraction of sp³-hybridized carbons (Fsp3) is 0.375. The highest BCUT2D eigenvalue weighted by atomic mass is 16.5. The summed E-state index contributed by atoms with van der Waals surface area (Å²) in [6.07, 6.45) is 2.06. The number of hydrogen-bond acceptors (Lipinski definition) is 5. The largest absolute Gasteiger partial charge is 0.493 e. The molecule has 0 spiro atoms. The summed E-state index contributed by atoms with van der Waals surface area (Å²) in [6, 6.07) is 14.3. The molecule has 2 aromatic rings. The first-order chi connectivity index (χ1) is 15.1. The minimum Gasteiger partial charge on any atom is -0.493 e. The SMILES string of the molecule is CCOc1ccccc1COC(=O)[C@]12CCC(=O)N1c1ccccc1C(=O)N2C1CC1. The molecule has 2 amide bonds. The second-order valence-electron chi connectivity index (χ2n) is 8.09. The molecule has 5 rings (SSSR count). The minimum atomic E-state index is -1.43. The Morgan fingerprint density at radius 2 is 1.84 bits per heavy atom. The third kappa shape index (κ3) is 2.99. The molecular formula is C24H24N2O5. The summed E-state index contributed by atoms with van der Waals surface area (Å²) in [5.74, 6) is -0.300. The van der Waals surface area contributed by atoms with E-state index in [-0.39, 0.29) is 37.3 Å². The Morgan fingerprint density at radius 1 is 1.10 bits per heavy atom. The van der Waals surface area contributed by atoms with Crippen molar-refractivity contribution in [2.75, 3.05) is 11.5 Å². The Hall–Kier alpha value is -3.35. The normalized spacial score (nSPS) is 22.2. The van der Waals surface area contributed by atoms with Gasteiger partial charge in [0.25, 0.3) is 5.91 Å². The van der Waals surface area contributed by atoms with Crippen LogP contribution in [-0.2, 0) is 20.9 Å². The number of para-hydroxylation sites is 2. The topological polar surface area (TPSA) is 76.1 Å². The highest BCUT2D eigenvalue weighted by Crippen LogP contribution is 2.49. The summed E-state index contributed by atoms with van der Waals surface area (Å²) in [5, 5.41) is 0. The van der Waals surface area contributed by atoms with Gasteiger partial charge in [-0.15, -0.1) is 0 Å². The van der Waals surface area contributed by atoms with Crippen molar-refractivity contribution >= 4 is 23.5 Å². The van der Waals surface area contributed by atoms with E-state index in [1.165, 1.54) is 4.90 Å². The lowest BCUT2D eigenvalue weighted by Gasteiger charge is -2.48. The zero-order valence-corrected chi connectivity index (χ0v) is 17.4. The number of anilines is 1. The molecule has 1 aliphatic carbocycles. The summed E-state index contributed by atoms with van der Waals surface area (Å²) in [6.45, 7) is 2.40. The summed E-state index contributed by atoms with van der Waals surface area (Å²) < 4.78 is 11.4. The molecule has 2 fully saturated rings. The lowest BCUT2D eigenvalue weighted by Crippen LogP contribution is -2.69. The smallest absolute Gasteiger partial charge is 0.354 e. The third-order valence-electron chi connectivity index (χ3n) is 6.17. The van der Waals surface area contributed by atoms with Gasteiger partial charge in [-0.2, -0.15) is 0 Å². The lowest BCUT2D eigenvalue weighted by atomic mass is 9.96. The molecule has 1 saturated heterocycles. The number of hydrogen-bond donors (Lipinski definition) is 0. The monoisotopic (exact) mass is 420 g/mol. The Kier molecular flexibility index (Phi) is 4.68. The molecule has 0 unspecified atom stereocenters. The maximum absolute atomic E-state index is 13.6.